The zero-order chi connectivity index (χ0) is 20.3. The van der Waals surface area contributed by atoms with Gasteiger partial charge in [-0.25, -0.2) is 0 Å². The van der Waals surface area contributed by atoms with E-state index in [0.29, 0.717) is 27.8 Å². The molecule has 0 unspecified atom stereocenters. The third-order valence-corrected chi connectivity index (χ3v) is 4.94. The van der Waals surface area contributed by atoms with Gasteiger partial charge in [0.2, 0.25) is 10.6 Å². The first-order chi connectivity index (χ1) is 13.5. The quantitative estimate of drug-likeness (QED) is 0.489. The second-order valence-electron chi connectivity index (χ2n) is 5.62. The van der Waals surface area contributed by atoms with Crippen LogP contribution in [-0.2, 0) is 0 Å². The first-order valence-corrected chi connectivity index (χ1v) is 9.02. The van der Waals surface area contributed by atoms with Crippen molar-refractivity contribution < 1.29 is 18.9 Å². The Kier molecular flexibility index (Phi) is 5.65. The molecule has 3 rings (SSSR count). The standard InChI is InChI=1S/C19H20N4O4S/c1-24-13-7-5-11(6-8-13)18-22-23(19(21)28-18)17(20)12-9-14(25-2)16(27-4)15(10-12)26-3/h5-10,20-21H,1-4H3. The Labute approximate surface area is 165 Å². The van der Waals surface area contributed by atoms with Gasteiger partial charge >= 0.3 is 0 Å². The van der Waals surface area contributed by atoms with Crippen LogP contribution >= 0.6 is 11.3 Å². The average Bonchev–Trinajstić information content (AvgIpc) is 3.13. The molecule has 2 N–H and O–H groups in total. The molecule has 0 aliphatic rings. The van der Waals surface area contributed by atoms with E-state index in [1.165, 1.54) is 37.3 Å². The number of methoxy groups -OCH3 is 4. The molecule has 146 valence electrons. The van der Waals surface area contributed by atoms with Crippen LogP contribution in [0.2, 0.25) is 0 Å². The van der Waals surface area contributed by atoms with Crippen LogP contribution in [0.4, 0.5) is 0 Å². The highest BCUT2D eigenvalue weighted by Gasteiger charge is 2.18. The van der Waals surface area contributed by atoms with Crippen molar-refractivity contribution in [1.29, 1.82) is 10.8 Å². The molecule has 1 aromatic heterocycles. The van der Waals surface area contributed by atoms with Crippen LogP contribution in [0.15, 0.2) is 36.4 Å². The predicted molar refractivity (Wildman–Crippen MR) is 106 cm³/mol. The number of nitrogens with zero attached hydrogens (tertiary/aromatic N) is 2. The van der Waals surface area contributed by atoms with E-state index in [0.717, 1.165) is 11.3 Å². The normalized spacial score (nSPS) is 10.4. The average molecular weight is 400 g/mol. The lowest BCUT2D eigenvalue weighted by atomic mass is 10.1. The van der Waals surface area contributed by atoms with Crippen molar-refractivity contribution in [1.82, 2.24) is 9.78 Å². The molecule has 28 heavy (non-hydrogen) atoms. The summed E-state index contributed by atoms with van der Waals surface area (Å²) in [5, 5.41) is 21.8. The minimum Gasteiger partial charge on any atom is -0.497 e. The van der Waals surface area contributed by atoms with Crippen LogP contribution in [0, 0.1) is 10.8 Å². The van der Waals surface area contributed by atoms with Gasteiger partial charge < -0.3 is 18.9 Å². The summed E-state index contributed by atoms with van der Waals surface area (Å²) >= 11 is 1.18. The maximum absolute atomic E-state index is 8.54. The summed E-state index contributed by atoms with van der Waals surface area (Å²) in [6.07, 6.45) is 0. The van der Waals surface area contributed by atoms with E-state index in [2.05, 4.69) is 5.10 Å². The highest BCUT2D eigenvalue weighted by molar-refractivity contribution is 7.12. The molecule has 0 spiro atoms. The van der Waals surface area contributed by atoms with Crippen molar-refractivity contribution >= 4 is 17.2 Å². The molecule has 0 aliphatic carbocycles. The molecule has 8 nitrogen and oxygen atoms in total. The van der Waals surface area contributed by atoms with Crippen LogP contribution in [0.5, 0.6) is 23.0 Å². The number of rotatable bonds is 6. The Hall–Kier alpha value is -3.33. The number of benzene rings is 2. The second-order valence-corrected chi connectivity index (χ2v) is 6.59. The van der Waals surface area contributed by atoms with E-state index in [9.17, 15) is 0 Å². The predicted octanol–water partition coefficient (Wildman–Crippen LogP) is 3.00. The first kappa shape index (κ1) is 19.4. The third-order valence-electron chi connectivity index (χ3n) is 4.06. The van der Waals surface area contributed by atoms with Gasteiger partial charge in [0.25, 0.3) is 0 Å². The van der Waals surface area contributed by atoms with E-state index >= 15 is 0 Å². The van der Waals surface area contributed by atoms with Gasteiger partial charge in [0.1, 0.15) is 10.8 Å². The molecule has 3 aromatic rings. The van der Waals surface area contributed by atoms with Crippen molar-refractivity contribution in [2.75, 3.05) is 28.4 Å². The number of ether oxygens (including phenoxy) is 4. The summed E-state index contributed by atoms with van der Waals surface area (Å²) in [6, 6.07) is 10.7. The van der Waals surface area contributed by atoms with Crippen molar-refractivity contribution in [2.45, 2.75) is 0 Å². The van der Waals surface area contributed by atoms with Crippen LogP contribution in [-0.4, -0.2) is 44.1 Å². The Morgan fingerprint density at radius 1 is 0.929 bits per heavy atom. The molecular formula is C19H20N4O4S. The van der Waals surface area contributed by atoms with E-state index in [4.69, 9.17) is 29.8 Å². The summed E-state index contributed by atoms with van der Waals surface area (Å²) in [7, 11) is 6.15. The first-order valence-electron chi connectivity index (χ1n) is 8.20. The summed E-state index contributed by atoms with van der Waals surface area (Å²) in [5.41, 5.74) is 1.33. The molecule has 0 saturated heterocycles. The molecule has 9 heteroatoms. The summed E-state index contributed by atoms with van der Waals surface area (Å²) < 4.78 is 22.4. The number of aromatic nitrogens is 2. The maximum Gasteiger partial charge on any atom is 0.206 e. The Balaban J connectivity index is 2.01. The summed E-state index contributed by atoms with van der Waals surface area (Å²) in [5.74, 6) is 2.07. The molecule has 0 saturated carbocycles. The van der Waals surface area contributed by atoms with Crippen LogP contribution < -0.4 is 23.7 Å². The minimum absolute atomic E-state index is 0.0280. The lowest BCUT2D eigenvalue weighted by Crippen LogP contribution is -2.24. The Bertz CT molecular complexity index is 1030. The van der Waals surface area contributed by atoms with Gasteiger partial charge in [0.15, 0.2) is 17.3 Å². The SMILES string of the molecule is COc1ccc(-c2nn(C(=N)c3cc(OC)c(OC)c(OC)c3)c(=N)s2)cc1. The van der Waals surface area contributed by atoms with Gasteiger partial charge in [-0.2, -0.15) is 9.78 Å². The van der Waals surface area contributed by atoms with E-state index < -0.39 is 0 Å². The van der Waals surface area contributed by atoms with Gasteiger partial charge in [-0.05, 0) is 36.4 Å². The number of nitrogens with one attached hydrogen (secondary N) is 2. The van der Waals surface area contributed by atoms with E-state index in [-0.39, 0.29) is 10.6 Å². The van der Waals surface area contributed by atoms with E-state index in [1.807, 2.05) is 24.3 Å². The summed E-state index contributed by atoms with van der Waals surface area (Å²) in [6.45, 7) is 0. The molecule has 1 heterocycles. The Morgan fingerprint density at radius 2 is 1.54 bits per heavy atom. The topological polar surface area (TPSA) is 102 Å². The fourth-order valence-electron chi connectivity index (χ4n) is 2.63. The van der Waals surface area contributed by atoms with Gasteiger partial charge in [-0.1, -0.05) is 11.3 Å². The molecule has 0 bridgehead atoms. The molecular weight excluding hydrogens is 380 g/mol. The highest BCUT2D eigenvalue weighted by atomic mass is 32.1. The molecule has 0 radical (unpaired) electrons. The number of hydrogen-bond donors (Lipinski definition) is 2. The van der Waals surface area contributed by atoms with E-state index in [1.54, 1.807) is 19.2 Å². The fraction of sp³-hybridized carbons (Fsp3) is 0.211. The van der Waals surface area contributed by atoms with Crippen molar-refractivity contribution in [3.05, 3.63) is 46.8 Å². The zero-order valence-electron chi connectivity index (χ0n) is 15.9. The van der Waals surface area contributed by atoms with Gasteiger partial charge in [0, 0.05) is 11.1 Å². The number of hydrogen-bond acceptors (Lipinski definition) is 8. The monoisotopic (exact) mass is 400 g/mol. The molecule has 0 aliphatic heterocycles. The molecule has 2 aromatic carbocycles. The lowest BCUT2D eigenvalue weighted by molar-refractivity contribution is 0.324. The maximum atomic E-state index is 8.54. The molecule has 0 atom stereocenters. The molecule has 0 fully saturated rings. The molecule has 0 amide bonds. The Morgan fingerprint density at radius 3 is 2.04 bits per heavy atom. The largest absolute Gasteiger partial charge is 0.497 e. The highest BCUT2D eigenvalue weighted by Crippen LogP contribution is 2.38. The summed E-state index contributed by atoms with van der Waals surface area (Å²) in [4.78, 5) is 0.129. The van der Waals surface area contributed by atoms with Crippen molar-refractivity contribution in [3.63, 3.8) is 0 Å². The second kappa shape index (κ2) is 8.13. The smallest absolute Gasteiger partial charge is 0.206 e. The van der Waals surface area contributed by atoms with Crippen LogP contribution in [0.25, 0.3) is 10.6 Å². The third kappa shape index (κ3) is 3.56. The van der Waals surface area contributed by atoms with Gasteiger partial charge in [0.05, 0.1) is 28.4 Å². The minimum atomic E-state index is 0.0280. The van der Waals surface area contributed by atoms with Crippen molar-refractivity contribution in [3.8, 4) is 33.6 Å². The van der Waals surface area contributed by atoms with Crippen LogP contribution in [0.1, 0.15) is 5.56 Å². The van der Waals surface area contributed by atoms with Gasteiger partial charge in [-0.3, -0.25) is 10.8 Å². The lowest BCUT2D eigenvalue weighted by Gasteiger charge is -2.14. The van der Waals surface area contributed by atoms with Crippen LogP contribution in [0.3, 0.4) is 0 Å². The van der Waals surface area contributed by atoms with Crippen molar-refractivity contribution in [2.24, 2.45) is 0 Å². The fourth-order valence-corrected chi connectivity index (χ4v) is 3.41. The van der Waals surface area contributed by atoms with Gasteiger partial charge in [-0.15, -0.1) is 0 Å². The zero-order valence-corrected chi connectivity index (χ0v) is 16.7.